The molecule has 0 atom stereocenters. The highest BCUT2D eigenvalue weighted by Gasteiger charge is 2.12. The third kappa shape index (κ3) is 8.00. The van der Waals surface area contributed by atoms with E-state index in [1.807, 2.05) is 12.1 Å². The van der Waals surface area contributed by atoms with Gasteiger partial charge in [-0.25, -0.2) is 5.43 Å². The van der Waals surface area contributed by atoms with Crippen LogP contribution in [0.5, 0.6) is 17.2 Å². The van der Waals surface area contributed by atoms with Crippen LogP contribution in [0.25, 0.3) is 0 Å². The van der Waals surface area contributed by atoms with E-state index in [9.17, 15) is 9.59 Å². The highest BCUT2D eigenvalue weighted by Crippen LogP contribution is 2.37. The Labute approximate surface area is 222 Å². The maximum Gasteiger partial charge on any atom is 0.240 e. The average Bonchev–Trinajstić information content (AvgIpc) is 2.88. The van der Waals surface area contributed by atoms with Crippen molar-refractivity contribution in [1.29, 1.82) is 0 Å². The van der Waals surface area contributed by atoms with Gasteiger partial charge in [0, 0.05) is 17.9 Å². The Kier molecular flexibility index (Phi) is 10.1. The van der Waals surface area contributed by atoms with Gasteiger partial charge in [-0.3, -0.25) is 9.59 Å². The van der Waals surface area contributed by atoms with E-state index in [0.717, 1.165) is 5.56 Å². The van der Waals surface area contributed by atoms with Gasteiger partial charge in [0.2, 0.25) is 11.8 Å². The lowest BCUT2D eigenvalue weighted by Gasteiger charge is -2.13. The summed E-state index contributed by atoms with van der Waals surface area (Å²) in [5, 5.41) is 7.36. The molecule has 0 radical (unpaired) electrons. The van der Waals surface area contributed by atoms with Crippen LogP contribution in [-0.2, 0) is 16.2 Å². The molecule has 0 heterocycles. The second kappa shape index (κ2) is 13.5. The molecule has 0 unspecified atom stereocenters. The normalized spacial score (nSPS) is 10.7. The summed E-state index contributed by atoms with van der Waals surface area (Å²) in [6.45, 7) is 0.334. The van der Waals surface area contributed by atoms with E-state index in [-0.39, 0.29) is 18.7 Å². The first-order valence-corrected chi connectivity index (χ1v) is 12.1. The van der Waals surface area contributed by atoms with Gasteiger partial charge in [0.1, 0.15) is 12.4 Å². The monoisotopic (exact) mass is 573 g/mol. The molecular weight excluding hydrogens is 550 g/mol. The van der Waals surface area contributed by atoms with E-state index in [1.165, 1.54) is 20.4 Å². The Morgan fingerprint density at radius 1 is 0.972 bits per heavy atom. The molecule has 8 nitrogen and oxygen atoms in total. The summed E-state index contributed by atoms with van der Waals surface area (Å²) in [5.74, 6) is 0.883. The van der Waals surface area contributed by atoms with E-state index >= 15 is 0 Å². The number of benzene rings is 3. The zero-order valence-corrected chi connectivity index (χ0v) is 22.1. The van der Waals surface area contributed by atoms with Gasteiger partial charge in [-0.15, -0.1) is 0 Å². The number of hydrazone groups is 1. The molecule has 3 aromatic rings. The fourth-order valence-electron chi connectivity index (χ4n) is 3.11. The number of methoxy groups -OCH3 is 2. The van der Waals surface area contributed by atoms with Crippen molar-refractivity contribution in [2.24, 2.45) is 5.10 Å². The molecule has 0 aliphatic heterocycles. The fraction of sp³-hybridized carbons (Fsp3) is 0.192. The molecule has 188 valence electrons. The minimum Gasteiger partial charge on any atom is -0.495 e. The lowest BCUT2D eigenvalue weighted by Crippen LogP contribution is -2.20. The molecule has 2 N–H and O–H groups in total. The van der Waals surface area contributed by atoms with E-state index < -0.39 is 5.91 Å². The second-order valence-electron chi connectivity index (χ2n) is 7.49. The van der Waals surface area contributed by atoms with Crippen molar-refractivity contribution in [2.75, 3.05) is 19.5 Å². The third-order valence-corrected chi connectivity index (χ3v) is 5.75. The molecule has 0 aliphatic rings. The van der Waals surface area contributed by atoms with Crippen molar-refractivity contribution >= 4 is 51.2 Å². The Morgan fingerprint density at radius 3 is 2.39 bits per heavy atom. The Hall–Kier alpha value is -3.56. The van der Waals surface area contributed by atoms with Crippen LogP contribution in [0.2, 0.25) is 5.02 Å². The Morgan fingerprint density at radius 2 is 1.67 bits per heavy atom. The van der Waals surface area contributed by atoms with E-state index in [1.54, 1.807) is 48.5 Å². The van der Waals surface area contributed by atoms with Crippen molar-refractivity contribution in [3.05, 3.63) is 81.3 Å². The van der Waals surface area contributed by atoms with Crippen LogP contribution < -0.4 is 25.0 Å². The molecule has 10 heteroatoms. The predicted octanol–water partition coefficient (Wildman–Crippen LogP) is 5.57. The minimum absolute atomic E-state index is 0.00156. The lowest BCUT2D eigenvalue weighted by molar-refractivity contribution is -0.124. The number of carbonyl (C=O) groups excluding carboxylic acids is 2. The molecule has 0 saturated heterocycles. The van der Waals surface area contributed by atoms with Gasteiger partial charge >= 0.3 is 0 Å². The van der Waals surface area contributed by atoms with Gasteiger partial charge in [-0.2, -0.15) is 5.10 Å². The number of hydrogen-bond donors (Lipinski definition) is 2. The SMILES string of the molecule is COc1ccccc1NC(=O)CCC(=O)NN=Cc1cc(Br)c(OCc2ccc(Cl)cc2)c(OC)c1. The van der Waals surface area contributed by atoms with Gasteiger partial charge in [-0.1, -0.05) is 35.9 Å². The van der Waals surface area contributed by atoms with Crippen LogP contribution in [0, 0.1) is 0 Å². The van der Waals surface area contributed by atoms with Crippen LogP contribution >= 0.6 is 27.5 Å². The molecule has 3 rings (SSSR count). The van der Waals surface area contributed by atoms with Crippen molar-refractivity contribution in [3.8, 4) is 17.2 Å². The molecule has 0 spiro atoms. The number of anilines is 1. The van der Waals surface area contributed by atoms with Crippen molar-refractivity contribution in [3.63, 3.8) is 0 Å². The molecule has 0 aliphatic carbocycles. The number of nitrogens with zero attached hydrogens (tertiary/aromatic N) is 1. The molecule has 0 bridgehead atoms. The zero-order chi connectivity index (χ0) is 25.9. The summed E-state index contributed by atoms with van der Waals surface area (Å²) in [6, 6.07) is 17.9. The maximum atomic E-state index is 12.2. The third-order valence-electron chi connectivity index (χ3n) is 4.91. The first-order valence-electron chi connectivity index (χ1n) is 10.9. The molecule has 0 saturated carbocycles. The number of nitrogens with one attached hydrogen (secondary N) is 2. The summed E-state index contributed by atoms with van der Waals surface area (Å²) < 4.78 is 17.2. The van der Waals surface area contributed by atoms with Crippen molar-refractivity contribution < 1.29 is 23.8 Å². The highest BCUT2D eigenvalue weighted by molar-refractivity contribution is 9.10. The van der Waals surface area contributed by atoms with Gasteiger partial charge in [0.15, 0.2) is 11.5 Å². The number of amides is 2. The fourth-order valence-corrected chi connectivity index (χ4v) is 3.81. The standard InChI is InChI=1S/C26H25BrClN3O5/c1-34-22-6-4-3-5-21(22)30-24(32)11-12-25(33)31-29-15-18-13-20(27)26(23(14-18)35-2)36-16-17-7-9-19(28)10-8-17/h3-10,13-15H,11-12,16H2,1-2H3,(H,30,32)(H,31,33). The Balaban J connectivity index is 1.51. The average molecular weight is 575 g/mol. The summed E-state index contributed by atoms with van der Waals surface area (Å²) in [4.78, 5) is 24.3. The van der Waals surface area contributed by atoms with Gasteiger partial charge in [-0.05, 0) is 63.5 Å². The largest absolute Gasteiger partial charge is 0.495 e. The van der Waals surface area contributed by atoms with Crippen LogP contribution in [0.1, 0.15) is 24.0 Å². The van der Waals surface area contributed by atoms with Gasteiger partial charge in [0.05, 0.1) is 30.6 Å². The van der Waals surface area contributed by atoms with Crippen LogP contribution in [0.15, 0.2) is 70.2 Å². The zero-order valence-electron chi connectivity index (χ0n) is 19.7. The van der Waals surface area contributed by atoms with Crippen LogP contribution in [0.3, 0.4) is 0 Å². The molecule has 0 fully saturated rings. The molecule has 3 aromatic carbocycles. The number of hydrogen-bond acceptors (Lipinski definition) is 6. The lowest BCUT2D eigenvalue weighted by atomic mass is 10.2. The molecule has 2 amide bonds. The molecular formula is C26H25BrClN3O5. The van der Waals surface area contributed by atoms with Gasteiger partial charge in [0.25, 0.3) is 0 Å². The topological polar surface area (TPSA) is 98.2 Å². The number of carbonyl (C=O) groups is 2. The van der Waals surface area contributed by atoms with E-state index in [4.69, 9.17) is 25.8 Å². The Bertz CT molecular complexity index is 1230. The quantitative estimate of drug-likeness (QED) is 0.231. The summed E-state index contributed by atoms with van der Waals surface area (Å²) >= 11 is 9.42. The molecule has 0 aromatic heterocycles. The number of ether oxygens (including phenoxy) is 3. The van der Waals surface area contributed by atoms with Crippen molar-refractivity contribution in [1.82, 2.24) is 5.43 Å². The predicted molar refractivity (Wildman–Crippen MR) is 143 cm³/mol. The number of halogens is 2. The van der Waals surface area contributed by atoms with E-state index in [2.05, 4.69) is 31.8 Å². The summed E-state index contributed by atoms with van der Waals surface area (Å²) in [6.07, 6.45) is 1.45. The highest BCUT2D eigenvalue weighted by atomic mass is 79.9. The summed E-state index contributed by atoms with van der Waals surface area (Å²) in [7, 11) is 3.06. The smallest absolute Gasteiger partial charge is 0.240 e. The maximum absolute atomic E-state index is 12.2. The number of para-hydroxylation sites is 2. The first kappa shape index (κ1) is 27.0. The van der Waals surface area contributed by atoms with Crippen LogP contribution in [0.4, 0.5) is 5.69 Å². The summed E-state index contributed by atoms with van der Waals surface area (Å²) in [5.41, 5.74) is 4.60. The first-order chi connectivity index (χ1) is 17.4. The second-order valence-corrected chi connectivity index (χ2v) is 8.78. The van der Waals surface area contributed by atoms with Crippen LogP contribution in [-0.4, -0.2) is 32.2 Å². The minimum atomic E-state index is -0.393. The van der Waals surface area contributed by atoms with Gasteiger partial charge < -0.3 is 19.5 Å². The van der Waals surface area contributed by atoms with Crippen molar-refractivity contribution in [2.45, 2.75) is 19.4 Å². The molecule has 36 heavy (non-hydrogen) atoms. The number of rotatable bonds is 11. The van der Waals surface area contributed by atoms with E-state index in [0.29, 0.717) is 44.6 Å².